The Morgan fingerprint density at radius 2 is 1.95 bits per heavy atom. The number of aliphatic hydroxyl groups excluding tert-OH is 1. The van der Waals surface area contributed by atoms with Gasteiger partial charge in [0.25, 0.3) is 0 Å². The fraction of sp³-hybridized carbons (Fsp3) is 0.625. The number of fused-ring (bicyclic) bond motifs is 1. The van der Waals surface area contributed by atoms with Crippen LogP contribution in [0.25, 0.3) is 0 Å². The number of rotatable bonds is 5. The van der Waals surface area contributed by atoms with Crippen LogP contribution in [0.15, 0.2) is 18.2 Å². The molecule has 0 aromatic heterocycles. The maximum Gasteiger partial charge on any atom is 0.124 e. The monoisotopic (exact) mass is 263 g/mol. The number of hydrogen-bond donors (Lipinski definition) is 1. The molecule has 1 aromatic carbocycles. The molecule has 2 atom stereocenters. The predicted molar refractivity (Wildman–Crippen MR) is 77.6 cm³/mol. The van der Waals surface area contributed by atoms with Crippen LogP contribution < -0.4 is 4.74 Å². The summed E-state index contributed by atoms with van der Waals surface area (Å²) >= 11 is 0. The fourth-order valence-electron chi connectivity index (χ4n) is 2.91. The maximum absolute atomic E-state index is 10.4. The lowest BCUT2D eigenvalue weighted by Gasteiger charge is -2.38. The van der Waals surface area contributed by atoms with Crippen molar-refractivity contribution in [2.45, 2.75) is 45.8 Å². The molecule has 2 rings (SSSR count). The van der Waals surface area contributed by atoms with Crippen LogP contribution in [0.5, 0.6) is 5.75 Å². The van der Waals surface area contributed by atoms with Crippen LogP contribution >= 0.6 is 0 Å². The molecule has 0 aliphatic carbocycles. The van der Waals surface area contributed by atoms with E-state index >= 15 is 0 Å². The van der Waals surface area contributed by atoms with Gasteiger partial charge in [-0.3, -0.25) is 4.90 Å². The van der Waals surface area contributed by atoms with Crippen LogP contribution in [-0.4, -0.2) is 35.8 Å². The highest BCUT2D eigenvalue weighted by Crippen LogP contribution is 2.36. The van der Waals surface area contributed by atoms with E-state index in [1.807, 2.05) is 6.07 Å². The van der Waals surface area contributed by atoms with E-state index in [2.05, 4.69) is 37.8 Å². The van der Waals surface area contributed by atoms with E-state index in [1.165, 1.54) is 5.56 Å². The van der Waals surface area contributed by atoms with Gasteiger partial charge in [-0.1, -0.05) is 31.5 Å². The van der Waals surface area contributed by atoms with Crippen LogP contribution in [-0.2, 0) is 0 Å². The van der Waals surface area contributed by atoms with Crippen molar-refractivity contribution in [1.82, 2.24) is 4.90 Å². The number of nitrogens with zero attached hydrogens (tertiary/aromatic N) is 1. The third-order valence-corrected chi connectivity index (χ3v) is 3.67. The van der Waals surface area contributed by atoms with Crippen molar-refractivity contribution in [3.05, 3.63) is 29.3 Å². The molecule has 0 saturated heterocycles. The molecule has 1 aliphatic heterocycles. The second kappa shape index (κ2) is 6.40. The third kappa shape index (κ3) is 3.10. The lowest BCUT2D eigenvalue weighted by molar-refractivity contribution is -0.000232. The van der Waals surface area contributed by atoms with E-state index in [9.17, 15) is 5.11 Å². The van der Waals surface area contributed by atoms with E-state index in [4.69, 9.17) is 4.74 Å². The van der Waals surface area contributed by atoms with Crippen molar-refractivity contribution < 1.29 is 9.84 Å². The SMILES string of the molecule is CCCN(CCC)C1c2cc(C)ccc2OCC1O. The summed E-state index contributed by atoms with van der Waals surface area (Å²) in [5, 5.41) is 10.4. The number of aliphatic hydroxyl groups is 1. The minimum absolute atomic E-state index is 0.0727. The topological polar surface area (TPSA) is 32.7 Å². The molecule has 0 radical (unpaired) electrons. The van der Waals surface area contributed by atoms with Crippen molar-refractivity contribution in [2.75, 3.05) is 19.7 Å². The first-order valence-corrected chi connectivity index (χ1v) is 7.32. The second-order valence-corrected chi connectivity index (χ2v) is 5.40. The van der Waals surface area contributed by atoms with E-state index in [0.29, 0.717) is 6.61 Å². The molecule has 1 heterocycles. The van der Waals surface area contributed by atoms with Gasteiger partial charge in [0.05, 0.1) is 6.04 Å². The Kier molecular flexibility index (Phi) is 4.83. The van der Waals surface area contributed by atoms with Gasteiger partial charge < -0.3 is 9.84 Å². The zero-order valence-electron chi connectivity index (χ0n) is 12.2. The van der Waals surface area contributed by atoms with Gasteiger partial charge in [0.15, 0.2) is 0 Å². The predicted octanol–water partition coefficient (Wildman–Crippen LogP) is 2.91. The molecule has 1 aromatic rings. The molecule has 0 fully saturated rings. The molecule has 2 unspecified atom stereocenters. The van der Waals surface area contributed by atoms with Gasteiger partial charge in [-0.2, -0.15) is 0 Å². The van der Waals surface area contributed by atoms with Gasteiger partial charge in [0, 0.05) is 5.56 Å². The van der Waals surface area contributed by atoms with Gasteiger partial charge in [-0.05, 0) is 38.9 Å². The van der Waals surface area contributed by atoms with Crippen LogP contribution in [0.3, 0.4) is 0 Å². The third-order valence-electron chi connectivity index (χ3n) is 3.67. The average Bonchev–Trinajstić information content (AvgIpc) is 2.38. The van der Waals surface area contributed by atoms with Crippen molar-refractivity contribution in [1.29, 1.82) is 0 Å². The van der Waals surface area contributed by atoms with Gasteiger partial charge in [0.2, 0.25) is 0 Å². The summed E-state index contributed by atoms with van der Waals surface area (Å²) < 4.78 is 5.65. The minimum atomic E-state index is -0.438. The summed E-state index contributed by atoms with van der Waals surface area (Å²) in [4.78, 5) is 2.39. The molecule has 19 heavy (non-hydrogen) atoms. The molecule has 3 nitrogen and oxygen atoms in total. The van der Waals surface area contributed by atoms with Crippen LogP contribution in [0.4, 0.5) is 0 Å². The van der Waals surface area contributed by atoms with E-state index in [-0.39, 0.29) is 6.04 Å². The van der Waals surface area contributed by atoms with Gasteiger partial charge in [-0.25, -0.2) is 0 Å². The van der Waals surface area contributed by atoms with Crippen LogP contribution in [0.1, 0.15) is 43.9 Å². The van der Waals surface area contributed by atoms with Crippen molar-refractivity contribution in [3.8, 4) is 5.75 Å². The normalized spacial score (nSPS) is 22.2. The van der Waals surface area contributed by atoms with Crippen molar-refractivity contribution in [2.24, 2.45) is 0 Å². The van der Waals surface area contributed by atoms with Crippen molar-refractivity contribution in [3.63, 3.8) is 0 Å². The van der Waals surface area contributed by atoms with Gasteiger partial charge in [0.1, 0.15) is 18.5 Å². The molecule has 0 amide bonds. The number of hydrogen-bond acceptors (Lipinski definition) is 3. The summed E-state index contributed by atoms with van der Waals surface area (Å²) in [5.41, 5.74) is 2.36. The summed E-state index contributed by atoms with van der Waals surface area (Å²) in [5.74, 6) is 0.929. The molecule has 106 valence electrons. The molecule has 3 heteroatoms. The molecule has 1 N–H and O–H groups in total. The summed E-state index contributed by atoms with van der Waals surface area (Å²) in [6.07, 6.45) is 1.77. The highest BCUT2D eigenvalue weighted by molar-refractivity contribution is 5.41. The summed E-state index contributed by atoms with van der Waals surface area (Å²) in [6.45, 7) is 8.88. The van der Waals surface area contributed by atoms with Gasteiger partial charge >= 0.3 is 0 Å². The van der Waals surface area contributed by atoms with Crippen LogP contribution in [0, 0.1) is 6.92 Å². The Bertz CT molecular complexity index is 413. The molecular weight excluding hydrogens is 238 g/mol. The molecular formula is C16H25NO2. The Hall–Kier alpha value is -1.06. The molecule has 0 saturated carbocycles. The number of benzene rings is 1. The Labute approximate surface area is 116 Å². The largest absolute Gasteiger partial charge is 0.490 e. The molecule has 0 bridgehead atoms. The smallest absolute Gasteiger partial charge is 0.124 e. The lowest BCUT2D eigenvalue weighted by atomic mass is 9.94. The minimum Gasteiger partial charge on any atom is -0.490 e. The van der Waals surface area contributed by atoms with E-state index < -0.39 is 6.10 Å². The summed E-state index contributed by atoms with van der Waals surface area (Å²) in [6, 6.07) is 6.32. The lowest BCUT2D eigenvalue weighted by Crippen LogP contribution is -2.43. The zero-order chi connectivity index (χ0) is 13.8. The first-order chi connectivity index (χ1) is 9.17. The zero-order valence-corrected chi connectivity index (χ0v) is 12.2. The first kappa shape index (κ1) is 14.4. The Morgan fingerprint density at radius 1 is 1.26 bits per heavy atom. The first-order valence-electron chi connectivity index (χ1n) is 7.32. The fourth-order valence-corrected chi connectivity index (χ4v) is 2.91. The highest BCUT2D eigenvalue weighted by Gasteiger charge is 2.33. The standard InChI is InChI=1S/C16H25NO2/c1-4-8-17(9-5-2)16-13-10-12(3)6-7-15(13)19-11-14(16)18/h6-7,10,14,16,18H,4-5,8-9,11H2,1-3H3. The second-order valence-electron chi connectivity index (χ2n) is 5.40. The van der Waals surface area contributed by atoms with E-state index in [1.54, 1.807) is 0 Å². The summed E-state index contributed by atoms with van der Waals surface area (Å²) in [7, 11) is 0. The molecule has 0 spiro atoms. The Morgan fingerprint density at radius 3 is 2.58 bits per heavy atom. The van der Waals surface area contributed by atoms with Gasteiger partial charge in [-0.15, -0.1) is 0 Å². The highest BCUT2D eigenvalue weighted by atomic mass is 16.5. The van der Waals surface area contributed by atoms with Crippen molar-refractivity contribution >= 4 is 0 Å². The van der Waals surface area contributed by atoms with E-state index in [0.717, 1.165) is 37.2 Å². The quantitative estimate of drug-likeness (QED) is 0.886. The average molecular weight is 263 g/mol. The maximum atomic E-state index is 10.4. The van der Waals surface area contributed by atoms with Crippen LogP contribution in [0.2, 0.25) is 0 Å². The molecule has 1 aliphatic rings. The number of aryl methyl sites for hydroxylation is 1. The number of ether oxygens (including phenoxy) is 1. The Balaban J connectivity index is 2.34.